The van der Waals surface area contributed by atoms with Crippen LogP contribution in [0.4, 0.5) is 10.5 Å². The number of hydrogen-bond donors (Lipinski definition) is 4. The Morgan fingerprint density at radius 1 is 0.889 bits per heavy atom. The van der Waals surface area contributed by atoms with Crippen LogP contribution < -0.4 is 16.1 Å². The number of allylic oxidation sites excluding steroid dienone is 2. The van der Waals surface area contributed by atoms with Crippen LogP contribution in [0.3, 0.4) is 0 Å². The number of aliphatic hydroxyl groups is 1. The molecule has 13 heteroatoms. The first-order valence-corrected chi connectivity index (χ1v) is 25.2. The predicted octanol–water partition coefficient (Wildman–Crippen LogP) is 10.2. The van der Waals surface area contributed by atoms with E-state index < -0.39 is 32.3 Å². The molecule has 4 N–H and O–H groups in total. The van der Waals surface area contributed by atoms with Gasteiger partial charge in [0.1, 0.15) is 25.0 Å². The summed E-state index contributed by atoms with van der Waals surface area (Å²) < 4.78 is 17.4. The van der Waals surface area contributed by atoms with Crippen LogP contribution in [0, 0.1) is 11.3 Å². The SMILES string of the molecule is CC(C)CC(=Nc1ccc(COC(=O)CCNC(=O)[C@@H](CCCCNO[Si](C)(C)C(C)(C)C)NC(=O)OCC2c3ccccc3-c3ccccc32)cc1)C1=C(O)CC(C)(C)CC1=O. The molecule has 0 spiro atoms. The molecule has 63 heavy (non-hydrogen) atoms. The van der Waals surface area contributed by atoms with Crippen molar-refractivity contribution in [1.82, 2.24) is 16.1 Å². The van der Waals surface area contributed by atoms with Crippen molar-refractivity contribution in [2.24, 2.45) is 16.3 Å². The third-order valence-electron chi connectivity index (χ3n) is 12.1. The fourth-order valence-corrected chi connectivity index (χ4v) is 8.43. The van der Waals surface area contributed by atoms with Crippen LogP contribution in [-0.4, -0.2) is 68.6 Å². The summed E-state index contributed by atoms with van der Waals surface area (Å²) in [5, 5.41) is 16.5. The first-order chi connectivity index (χ1) is 29.7. The van der Waals surface area contributed by atoms with Gasteiger partial charge in [-0.1, -0.05) is 109 Å². The predicted molar refractivity (Wildman–Crippen MR) is 250 cm³/mol. The number of hydrogen-bond acceptors (Lipinski definition) is 10. The summed E-state index contributed by atoms with van der Waals surface area (Å²) in [6.07, 6.45) is 2.24. The van der Waals surface area contributed by atoms with Crippen molar-refractivity contribution in [3.05, 3.63) is 101 Å². The number of rotatable bonds is 20. The van der Waals surface area contributed by atoms with E-state index in [4.69, 9.17) is 19.0 Å². The zero-order valence-corrected chi connectivity index (χ0v) is 39.7. The molecule has 3 aromatic rings. The Balaban J connectivity index is 1.13. The molecule has 0 fully saturated rings. The number of nitrogens with one attached hydrogen (secondary N) is 3. The van der Waals surface area contributed by atoms with Gasteiger partial charge in [0, 0.05) is 31.8 Å². The fourth-order valence-electron chi connectivity index (χ4n) is 7.66. The molecule has 0 unspecified atom stereocenters. The minimum Gasteiger partial charge on any atom is -0.511 e. The van der Waals surface area contributed by atoms with Crippen LogP contribution in [0.1, 0.15) is 116 Å². The lowest BCUT2D eigenvalue weighted by molar-refractivity contribution is -0.144. The molecule has 12 nitrogen and oxygen atoms in total. The number of aliphatic imine (C=N–C) groups is 1. The number of unbranched alkanes of at least 4 members (excludes halogenated alkanes) is 1. The van der Waals surface area contributed by atoms with Gasteiger partial charge in [0.05, 0.1) is 23.4 Å². The number of hydroxylamine groups is 1. The standard InChI is InChI=1S/C50H68N4O8Si/c1-33(2)28-42(46-43(55)29-50(6,7)30-44(46)56)53-35-23-21-34(22-24-35)31-60-45(57)25-27-51-47(58)41(20-14-15-26-52-62-63(8,9)49(3,4)5)54-48(59)61-32-40-38-18-12-10-16-36(38)37-17-11-13-19-39(37)40/h10-13,16-19,21-24,33,40-41,52,55H,14-15,20,25-32H2,1-9H3,(H,51,58)(H,54,59)/t41-/m1/s1. The van der Waals surface area contributed by atoms with E-state index in [9.17, 15) is 24.3 Å². The number of amides is 2. The molecule has 2 amide bonds. The topological polar surface area (TPSA) is 165 Å². The van der Waals surface area contributed by atoms with Gasteiger partial charge >= 0.3 is 12.1 Å². The molecule has 2 aliphatic rings. The Kier molecular flexibility index (Phi) is 16.7. The summed E-state index contributed by atoms with van der Waals surface area (Å²) >= 11 is 0. The number of Topliss-reactive ketones (excluding diaryl/α,β-unsaturated/α-hetero) is 1. The maximum atomic E-state index is 13.5. The Bertz CT molecular complexity index is 2110. The Morgan fingerprint density at radius 2 is 1.52 bits per heavy atom. The summed E-state index contributed by atoms with van der Waals surface area (Å²) in [6, 6.07) is 22.5. The van der Waals surface area contributed by atoms with Crippen LogP contribution in [0.2, 0.25) is 18.1 Å². The molecular weight excluding hydrogens is 813 g/mol. The van der Waals surface area contributed by atoms with Crippen LogP contribution in [0.25, 0.3) is 11.1 Å². The lowest BCUT2D eigenvalue weighted by Gasteiger charge is -2.35. The van der Waals surface area contributed by atoms with Crippen LogP contribution in [0.5, 0.6) is 0 Å². The van der Waals surface area contributed by atoms with Crippen molar-refractivity contribution in [2.75, 3.05) is 19.7 Å². The third-order valence-corrected chi connectivity index (χ3v) is 16.3. The Hall–Kier alpha value is -5.11. The van der Waals surface area contributed by atoms with Gasteiger partial charge in [-0.15, -0.1) is 0 Å². The minimum absolute atomic E-state index is 0.0212. The summed E-state index contributed by atoms with van der Waals surface area (Å²) in [5.74, 6) is -0.819. The van der Waals surface area contributed by atoms with Gasteiger partial charge in [0.25, 0.3) is 0 Å². The number of benzene rings is 3. The lowest BCUT2D eigenvalue weighted by Crippen LogP contribution is -2.47. The van der Waals surface area contributed by atoms with E-state index in [-0.39, 0.29) is 60.0 Å². The highest BCUT2D eigenvalue weighted by atomic mass is 28.4. The number of alkyl carbamates (subject to hydrolysis) is 1. The highest BCUT2D eigenvalue weighted by molar-refractivity contribution is 6.74. The van der Waals surface area contributed by atoms with Gasteiger partial charge in [-0.2, -0.15) is 0 Å². The van der Waals surface area contributed by atoms with Gasteiger partial charge in [-0.05, 0) is 95.1 Å². The number of fused-ring (bicyclic) bond motifs is 3. The fraction of sp³-hybridized carbons (Fsp3) is 0.500. The van der Waals surface area contributed by atoms with Gasteiger partial charge in [0.15, 0.2) is 5.78 Å². The van der Waals surface area contributed by atoms with E-state index in [0.717, 1.165) is 27.8 Å². The molecule has 3 aromatic carbocycles. The van der Waals surface area contributed by atoms with Gasteiger partial charge in [0.2, 0.25) is 14.2 Å². The molecule has 0 aromatic heterocycles. The molecule has 1 atom stereocenters. The minimum atomic E-state index is -1.98. The average molecular weight is 881 g/mol. The summed E-state index contributed by atoms with van der Waals surface area (Å²) in [5.41, 5.74) is 9.51. The molecule has 0 aliphatic heterocycles. The molecule has 0 saturated carbocycles. The van der Waals surface area contributed by atoms with E-state index >= 15 is 0 Å². The van der Waals surface area contributed by atoms with E-state index in [2.05, 4.69) is 74.2 Å². The molecular formula is C50H68N4O8Si. The zero-order valence-electron chi connectivity index (χ0n) is 38.7. The molecule has 0 radical (unpaired) electrons. The Labute approximate surface area is 374 Å². The lowest BCUT2D eigenvalue weighted by atomic mass is 9.75. The molecule has 0 saturated heterocycles. The molecule has 2 aliphatic carbocycles. The number of ether oxygens (including phenoxy) is 2. The van der Waals surface area contributed by atoms with Gasteiger partial charge < -0.3 is 29.7 Å². The summed E-state index contributed by atoms with van der Waals surface area (Å²) in [7, 11) is -1.98. The average Bonchev–Trinajstić information content (AvgIpc) is 3.52. The van der Waals surface area contributed by atoms with Crippen molar-refractivity contribution in [2.45, 2.75) is 130 Å². The number of carbonyl (C=O) groups is 4. The van der Waals surface area contributed by atoms with E-state index in [1.807, 2.05) is 52.0 Å². The van der Waals surface area contributed by atoms with Crippen LogP contribution in [-0.2, 0) is 35.0 Å². The van der Waals surface area contributed by atoms with Crippen molar-refractivity contribution >= 4 is 43.5 Å². The second-order valence-electron chi connectivity index (χ2n) is 19.6. The Morgan fingerprint density at radius 3 is 2.13 bits per heavy atom. The van der Waals surface area contributed by atoms with Gasteiger partial charge in [-0.3, -0.25) is 19.4 Å². The number of ketones is 1. The van der Waals surface area contributed by atoms with E-state index in [0.29, 0.717) is 62.0 Å². The largest absolute Gasteiger partial charge is 0.511 e. The maximum Gasteiger partial charge on any atom is 0.407 e. The van der Waals surface area contributed by atoms with Crippen LogP contribution >= 0.6 is 0 Å². The highest BCUT2D eigenvalue weighted by Crippen LogP contribution is 2.44. The number of carbonyl (C=O) groups excluding carboxylic acids is 4. The normalized spacial score (nSPS) is 15.8. The third kappa shape index (κ3) is 13.7. The molecule has 0 bridgehead atoms. The number of aliphatic hydroxyl groups excluding tert-OH is 1. The first-order valence-electron chi connectivity index (χ1n) is 22.3. The molecule has 0 heterocycles. The van der Waals surface area contributed by atoms with E-state index in [1.54, 1.807) is 24.3 Å². The number of esters is 1. The van der Waals surface area contributed by atoms with Crippen LogP contribution in [0.15, 0.2) is 89.1 Å². The quantitative estimate of drug-likeness (QED) is 0.0284. The van der Waals surface area contributed by atoms with E-state index in [1.165, 1.54) is 0 Å². The second-order valence-corrected chi connectivity index (χ2v) is 24.3. The van der Waals surface area contributed by atoms with Crippen molar-refractivity contribution in [3.63, 3.8) is 0 Å². The highest BCUT2D eigenvalue weighted by Gasteiger charge is 2.38. The maximum absolute atomic E-state index is 13.5. The van der Waals surface area contributed by atoms with Crippen molar-refractivity contribution < 1.29 is 38.3 Å². The zero-order chi connectivity index (χ0) is 46.0. The molecule has 340 valence electrons. The number of nitrogens with zero attached hydrogens (tertiary/aromatic N) is 1. The van der Waals surface area contributed by atoms with Gasteiger partial charge in [-0.25, -0.2) is 10.3 Å². The second kappa shape index (κ2) is 21.5. The monoisotopic (exact) mass is 880 g/mol. The van der Waals surface area contributed by atoms with Crippen molar-refractivity contribution in [3.8, 4) is 11.1 Å². The van der Waals surface area contributed by atoms with Crippen molar-refractivity contribution in [1.29, 1.82) is 0 Å². The smallest absolute Gasteiger partial charge is 0.407 e. The summed E-state index contributed by atoms with van der Waals surface area (Å²) in [6.45, 7) is 19.6. The summed E-state index contributed by atoms with van der Waals surface area (Å²) in [4.78, 5) is 57.4. The molecule has 5 rings (SSSR count). The first kappa shape index (κ1) is 48.9.